The number of rotatable bonds is 5. The van der Waals surface area contributed by atoms with Crippen LogP contribution in [0.2, 0.25) is 0 Å². The minimum absolute atomic E-state index is 0.167. The van der Waals surface area contributed by atoms with Crippen molar-refractivity contribution in [1.82, 2.24) is 0 Å². The molecule has 5 heteroatoms. The number of para-hydroxylation sites is 2. The van der Waals surface area contributed by atoms with E-state index in [0.717, 1.165) is 33.8 Å². The summed E-state index contributed by atoms with van der Waals surface area (Å²) >= 11 is 0. The van der Waals surface area contributed by atoms with E-state index in [1.54, 1.807) is 24.3 Å². The van der Waals surface area contributed by atoms with E-state index < -0.39 is 0 Å². The molecular weight excluding hydrogens is 402 g/mol. The van der Waals surface area contributed by atoms with Gasteiger partial charge in [0.25, 0.3) is 0 Å². The number of aromatic hydroxyl groups is 3. The first-order chi connectivity index (χ1) is 15.3. The highest BCUT2D eigenvalue weighted by Gasteiger charge is 2.19. The lowest BCUT2D eigenvalue weighted by Gasteiger charge is -2.28. The summed E-state index contributed by atoms with van der Waals surface area (Å²) < 4.78 is 6.18. The fraction of sp³-hybridized carbons (Fsp3) is 0.111. The minimum Gasteiger partial charge on any atom is -0.508 e. The Morgan fingerprint density at radius 2 is 1.19 bits per heavy atom. The van der Waals surface area contributed by atoms with E-state index in [1.807, 2.05) is 80.3 Å². The Labute approximate surface area is 187 Å². The quantitative estimate of drug-likeness (QED) is 0.320. The SMILES string of the molecule is Cc1cc(N(c2ccc(O)c(C)c2)c2ccccc2Oc2ccc(C)c(O)c2)ccc1O. The molecule has 0 aliphatic rings. The molecule has 0 fully saturated rings. The van der Waals surface area contributed by atoms with Crippen LogP contribution in [0.15, 0.2) is 78.9 Å². The third kappa shape index (κ3) is 4.18. The van der Waals surface area contributed by atoms with Crippen molar-refractivity contribution in [2.45, 2.75) is 20.8 Å². The maximum absolute atomic E-state index is 10.1. The highest BCUT2D eigenvalue weighted by atomic mass is 16.5. The zero-order valence-corrected chi connectivity index (χ0v) is 18.2. The van der Waals surface area contributed by atoms with Crippen molar-refractivity contribution in [1.29, 1.82) is 0 Å². The van der Waals surface area contributed by atoms with Gasteiger partial charge in [-0.2, -0.15) is 0 Å². The first-order valence-electron chi connectivity index (χ1n) is 10.3. The third-order valence-corrected chi connectivity index (χ3v) is 5.39. The van der Waals surface area contributed by atoms with Gasteiger partial charge in [-0.15, -0.1) is 0 Å². The number of hydrogen-bond acceptors (Lipinski definition) is 5. The van der Waals surface area contributed by atoms with Crippen LogP contribution in [-0.4, -0.2) is 15.3 Å². The predicted octanol–water partition coefficient (Wildman–Crippen LogP) is 6.99. The number of ether oxygens (including phenoxy) is 1. The van der Waals surface area contributed by atoms with Gasteiger partial charge < -0.3 is 25.0 Å². The molecule has 0 saturated heterocycles. The predicted molar refractivity (Wildman–Crippen MR) is 127 cm³/mol. The summed E-state index contributed by atoms with van der Waals surface area (Å²) in [5, 5.41) is 30.2. The van der Waals surface area contributed by atoms with E-state index in [1.165, 1.54) is 0 Å². The number of aryl methyl sites for hydroxylation is 3. The van der Waals surface area contributed by atoms with Crippen molar-refractivity contribution in [3.63, 3.8) is 0 Å². The van der Waals surface area contributed by atoms with E-state index in [0.29, 0.717) is 11.5 Å². The molecule has 32 heavy (non-hydrogen) atoms. The molecule has 162 valence electrons. The zero-order valence-electron chi connectivity index (χ0n) is 18.2. The van der Waals surface area contributed by atoms with E-state index in [9.17, 15) is 15.3 Å². The maximum atomic E-state index is 10.1. The van der Waals surface area contributed by atoms with Crippen LogP contribution >= 0.6 is 0 Å². The van der Waals surface area contributed by atoms with Crippen molar-refractivity contribution < 1.29 is 20.1 Å². The maximum Gasteiger partial charge on any atom is 0.151 e. The molecule has 4 aromatic carbocycles. The zero-order chi connectivity index (χ0) is 22.8. The molecule has 0 bridgehead atoms. The molecule has 5 nitrogen and oxygen atoms in total. The minimum atomic E-state index is 0.167. The summed E-state index contributed by atoms with van der Waals surface area (Å²) in [6.45, 7) is 5.52. The Bertz CT molecular complexity index is 1230. The molecule has 3 N–H and O–H groups in total. The number of hydrogen-bond donors (Lipinski definition) is 3. The number of phenols is 3. The van der Waals surface area contributed by atoms with E-state index in [4.69, 9.17) is 4.74 Å². The van der Waals surface area contributed by atoms with Gasteiger partial charge in [-0.25, -0.2) is 0 Å². The topological polar surface area (TPSA) is 73.2 Å². The van der Waals surface area contributed by atoms with Crippen LogP contribution < -0.4 is 9.64 Å². The summed E-state index contributed by atoms with van der Waals surface area (Å²) in [4.78, 5) is 2.00. The van der Waals surface area contributed by atoms with Gasteiger partial charge in [0.2, 0.25) is 0 Å². The molecule has 0 aliphatic heterocycles. The standard InChI is InChI=1S/C27H25NO4/c1-17-8-11-22(16-26(17)31)32-27-7-5-4-6-23(27)28(20-9-12-24(29)18(2)14-20)21-10-13-25(30)19(3)15-21/h4-16,29-31H,1-3H3. The van der Waals surface area contributed by atoms with Crippen LogP contribution in [0.4, 0.5) is 17.1 Å². The van der Waals surface area contributed by atoms with Crippen molar-refractivity contribution in [3.8, 4) is 28.7 Å². The van der Waals surface area contributed by atoms with Crippen LogP contribution in [0.3, 0.4) is 0 Å². The summed E-state index contributed by atoms with van der Waals surface area (Å²) in [6, 6.07) is 23.6. The third-order valence-electron chi connectivity index (χ3n) is 5.39. The van der Waals surface area contributed by atoms with E-state index in [2.05, 4.69) is 0 Å². The van der Waals surface area contributed by atoms with Gasteiger partial charge in [-0.05, 0) is 92.1 Å². The Morgan fingerprint density at radius 1 is 0.594 bits per heavy atom. The Hall–Kier alpha value is -4.12. The largest absolute Gasteiger partial charge is 0.508 e. The average Bonchev–Trinajstić information content (AvgIpc) is 2.77. The van der Waals surface area contributed by atoms with Gasteiger partial charge in [0, 0.05) is 17.4 Å². The molecule has 0 atom stereocenters. The number of anilines is 3. The summed E-state index contributed by atoms with van der Waals surface area (Å²) in [5.41, 5.74) is 4.67. The van der Waals surface area contributed by atoms with Gasteiger partial charge in [0.05, 0.1) is 5.69 Å². The van der Waals surface area contributed by atoms with Crippen LogP contribution in [0.1, 0.15) is 16.7 Å². The van der Waals surface area contributed by atoms with Crippen LogP contribution in [0.5, 0.6) is 28.7 Å². The molecule has 4 rings (SSSR count). The van der Waals surface area contributed by atoms with Crippen LogP contribution in [0.25, 0.3) is 0 Å². The van der Waals surface area contributed by atoms with Crippen LogP contribution in [0, 0.1) is 20.8 Å². The molecule has 0 amide bonds. The van der Waals surface area contributed by atoms with Crippen molar-refractivity contribution in [3.05, 3.63) is 95.6 Å². The van der Waals surface area contributed by atoms with Crippen molar-refractivity contribution in [2.75, 3.05) is 4.90 Å². The second-order valence-electron chi connectivity index (χ2n) is 7.80. The molecule has 0 spiro atoms. The highest BCUT2D eigenvalue weighted by molar-refractivity contribution is 5.81. The number of benzene rings is 4. The molecule has 0 unspecified atom stereocenters. The molecule has 0 aromatic heterocycles. The van der Waals surface area contributed by atoms with Gasteiger partial charge in [0.1, 0.15) is 23.0 Å². The molecule has 4 aromatic rings. The number of nitrogens with zero attached hydrogens (tertiary/aromatic N) is 1. The van der Waals surface area contributed by atoms with Crippen molar-refractivity contribution >= 4 is 17.1 Å². The molecule has 0 heterocycles. The second kappa shape index (κ2) is 8.55. The average molecular weight is 428 g/mol. The van der Waals surface area contributed by atoms with Gasteiger partial charge in [-0.1, -0.05) is 18.2 Å². The summed E-state index contributed by atoms with van der Waals surface area (Å²) in [7, 11) is 0. The monoisotopic (exact) mass is 427 g/mol. The molecule has 0 radical (unpaired) electrons. The fourth-order valence-electron chi connectivity index (χ4n) is 3.49. The first kappa shape index (κ1) is 21.1. The lowest BCUT2D eigenvalue weighted by molar-refractivity contribution is 0.452. The van der Waals surface area contributed by atoms with Gasteiger partial charge >= 0.3 is 0 Å². The van der Waals surface area contributed by atoms with E-state index in [-0.39, 0.29) is 17.2 Å². The van der Waals surface area contributed by atoms with E-state index >= 15 is 0 Å². The highest BCUT2D eigenvalue weighted by Crippen LogP contribution is 2.43. The first-order valence-corrected chi connectivity index (χ1v) is 10.3. The summed E-state index contributed by atoms with van der Waals surface area (Å²) in [6.07, 6.45) is 0. The van der Waals surface area contributed by atoms with Crippen LogP contribution in [-0.2, 0) is 0 Å². The Morgan fingerprint density at radius 3 is 1.75 bits per heavy atom. The van der Waals surface area contributed by atoms with Gasteiger partial charge in [-0.3, -0.25) is 0 Å². The molecule has 0 saturated carbocycles. The molecule has 0 aliphatic carbocycles. The lowest BCUT2D eigenvalue weighted by Crippen LogP contribution is -2.11. The normalized spacial score (nSPS) is 10.7. The Kier molecular flexibility index (Phi) is 5.65. The summed E-state index contributed by atoms with van der Waals surface area (Å²) in [5.74, 6) is 1.71. The molecular formula is C27H25NO4. The lowest BCUT2D eigenvalue weighted by atomic mass is 10.1. The Balaban J connectivity index is 1.86. The van der Waals surface area contributed by atoms with Crippen molar-refractivity contribution in [2.24, 2.45) is 0 Å². The smallest absolute Gasteiger partial charge is 0.151 e. The van der Waals surface area contributed by atoms with Gasteiger partial charge in [0.15, 0.2) is 5.75 Å². The second-order valence-corrected chi connectivity index (χ2v) is 7.80. The number of phenolic OH excluding ortho intramolecular Hbond substituents is 3. The fourth-order valence-corrected chi connectivity index (χ4v) is 3.49.